The molecule has 3 rings (SSSR count). The first-order chi connectivity index (χ1) is 12.5. The van der Waals surface area contributed by atoms with Gasteiger partial charge in [0.15, 0.2) is 0 Å². The molecule has 5 nitrogen and oxygen atoms in total. The first-order valence-electron chi connectivity index (χ1n) is 9.53. The Bertz CT molecular complexity index is 848. The number of nitrogens with one attached hydrogen (secondary N) is 1. The monoisotopic (exact) mass is 356 g/mol. The lowest BCUT2D eigenvalue weighted by Gasteiger charge is -2.31. The van der Waals surface area contributed by atoms with E-state index >= 15 is 0 Å². The van der Waals surface area contributed by atoms with E-state index in [1.165, 1.54) is 12.5 Å². The topological polar surface area (TPSA) is 62.6 Å². The maximum absolute atomic E-state index is 12.5. The lowest BCUT2D eigenvalue weighted by atomic mass is 9.93. The molecule has 26 heavy (non-hydrogen) atoms. The van der Waals surface area contributed by atoms with Crippen molar-refractivity contribution in [3.8, 4) is 0 Å². The molecule has 140 valence electrons. The number of carbonyl (C=O) groups excluding carboxylic acids is 1. The van der Waals surface area contributed by atoms with Crippen LogP contribution in [0.1, 0.15) is 43.7 Å². The number of hydrogen-bond acceptors (Lipinski definition) is 4. The summed E-state index contributed by atoms with van der Waals surface area (Å²) in [6.45, 7) is 9.35. The van der Waals surface area contributed by atoms with E-state index in [1.54, 1.807) is 0 Å². The number of likely N-dealkylation sites (tertiary alicyclic amines) is 1. The zero-order valence-electron chi connectivity index (χ0n) is 15.9. The van der Waals surface area contributed by atoms with E-state index in [9.17, 15) is 9.59 Å². The average Bonchev–Trinajstić information content (AvgIpc) is 2.58. The molecule has 0 atom stereocenters. The first kappa shape index (κ1) is 18.6. The minimum absolute atomic E-state index is 0.0661. The third-order valence-electron chi connectivity index (χ3n) is 5.29. The maximum atomic E-state index is 12.5. The van der Waals surface area contributed by atoms with Crippen molar-refractivity contribution in [3.63, 3.8) is 0 Å². The number of rotatable bonds is 5. The molecule has 1 aromatic carbocycles. The van der Waals surface area contributed by atoms with Gasteiger partial charge in [-0.05, 0) is 81.9 Å². The van der Waals surface area contributed by atoms with Crippen molar-refractivity contribution in [3.05, 3.63) is 39.7 Å². The Morgan fingerprint density at radius 3 is 2.62 bits per heavy atom. The van der Waals surface area contributed by atoms with Gasteiger partial charge in [-0.15, -0.1) is 0 Å². The molecule has 1 saturated heterocycles. The van der Waals surface area contributed by atoms with E-state index in [1.807, 2.05) is 26.0 Å². The highest BCUT2D eigenvalue weighted by atomic mass is 16.4. The summed E-state index contributed by atoms with van der Waals surface area (Å²) in [5.74, 6) is 0.528. The van der Waals surface area contributed by atoms with Crippen LogP contribution in [-0.2, 0) is 4.79 Å². The Morgan fingerprint density at radius 1 is 1.19 bits per heavy atom. The van der Waals surface area contributed by atoms with Gasteiger partial charge in [0.1, 0.15) is 5.58 Å². The first-order valence-corrected chi connectivity index (χ1v) is 9.53. The van der Waals surface area contributed by atoms with E-state index in [-0.39, 0.29) is 11.5 Å². The number of nitrogens with zero attached hydrogens (tertiary/aromatic N) is 1. The van der Waals surface area contributed by atoms with Gasteiger partial charge in [0.05, 0.1) is 0 Å². The Balaban J connectivity index is 1.66. The fraction of sp³-hybridized carbons (Fsp3) is 0.524. The standard InChI is InChI=1S/C21H28N2O3/c1-4-7-23-8-5-16(6-9-23)12-20(24)22-18-13-17-14(2)11-21(25)26-19(17)10-15(18)3/h10-11,13,16H,4-9,12H2,1-3H3,(H,22,24). The van der Waals surface area contributed by atoms with Crippen LogP contribution in [0.4, 0.5) is 5.69 Å². The zero-order chi connectivity index (χ0) is 18.7. The van der Waals surface area contributed by atoms with Gasteiger partial charge in [-0.3, -0.25) is 4.79 Å². The van der Waals surface area contributed by atoms with Crippen molar-refractivity contribution < 1.29 is 9.21 Å². The molecule has 1 amide bonds. The number of amides is 1. The Morgan fingerprint density at radius 2 is 1.92 bits per heavy atom. The van der Waals surface area contributed by atoms with Gasteiger partial charge in [0.25, 0.3) is 0 Å². The van der Waals surface area contributed by atoms with Gasteiger partial charge in [-0.2, -0.15) is 0 Å². The second-order valence-corrected chi connectivity index (χ2v) is 7.45. The SMILES string of the molecule is CCCN1CCC(CC(=O)Nc2cc3c(C)cc(=O)oc3cc2C)CC1. The molecule has 0 unspecified atom stereocenters. The number of fused-ring (bicyclic) bond motifs is 1. The molecule has 1 aliphatic heterocycles. The average molecular weight is 356 g/mol. The second-order valence-electron chi connectivity index (χ2n) is 7.45. The predicted octanol–water partition coefficient (Wildman–Crippen LogP) is 3.86. The van der Waals surface area contributed by atoms with Crippen molar-refractivity contribution in [1.82, 2.24) is 4.90 Å². The van der Waals surface area contributed by atoms with Crippen molar-refractivity contribution in [2.75, 3.05) is 25.0 Å². The summed E-state index contributed by atoms with van der Waals surface area (Å²) in [6.07, 6.45) is 3.94. The molecule has 0 saturated carbocycles. The van der Waals surface area contributed by atoms with Crippen molar-refractivity contribution in [2.45, 2.75) is 46.5 Å². The molecule has 5 heteroatoms. The largest absolute Gasteiger partial charge is 0.423 e. The summed E-state index contributed by atoms with van der Waals surface area (Å²) in [4.78, 5) is 26.5. The molecule has 2 aromatic rings. The number of benzene rings is 1. The molecular formula is C21H28N2O3. The molecule has 1 aliphatic rings. The maximum Gasteiger partial charge on any atom is 0.336 e. The molecular weight excluding hydrogens is 328 g/mol. The summed E-state index contributed by atoms with van der Waals surface area (Å²) in [5.41, 5.74) is 2.77. The van der Waals surface area contributed by atoms with Crippen LogP contribution in [0.5, 0.6) is 0 Å². The van der Waals surface area contributed by atoms with Crippen LogP contribution in [0, 0.1) is 19.8 Å². The normalized spacial score (nSPS) is 16.1. The number of anilines is 1. The number of aryl methyl sites for hydroxylation is 2. The van der Waals surface area contributed by atoms with E-state index < -0.39 is 0 Å². The Labute approximate surface area is 154 Å². The van der Waals surface area contributed by atoms with E-state index in [2.05, 4.69) is 17.1 Å². The quantitative estimate of drug-likeness (QED) is 0.826. The summed E-state index contributed by atoms with van der Waals surface area (Å²) in [5, 5.41) is 3.92. The molecule has 0 aliphatic carbocycles. The molecule has 0 bridgehead atoms. The molecule has 1 fully saturated rings. The van der Waals surface area contributed by atoms with Crippen molar-refractivity contribution >= 4 is 22.6 Å². The van der Waals surface area contributed by atoms with Crippen LogP contribution in [-0.4, -0.2) is 30.4 Å². The molecule has 1 aromatic heterocycles. The Hall–Kier alpha value is -2.14. The summed E-state index contributed by atoms with van der Waals surface area (Å²) in [6, 6.07) is 5.21. The van der Waals surface area contributed by atoms with Crippen LogP contribution in [0.15, 0.2) is 27.4 Å². The number of hydrogen-bond donors (Lipinski definition) is 1. The lowest BCUT2D eigenvalue weighted by Crippen LogP contribution is -2.35. The van der Waals surface area contributed by atoms with Crippen molar-refractivity contribution in [2.24, 2.45) is 5.92 Å². The minimum atomic E-state index is -0.347. The summed E-state index contributed by atoms with van der Waals surface area (Å²) < 4.78 is 5.26. The highest BCUT2D eigenvalue weighted by molar-refractivity contribution is 5.95. The van der Waals surface area contributed by atoms with E-state index in [0.717, 1.165) is 54.7 Å². The highest BCUT2D eigenvalue weighted by Gasteiger charge is 2.21. The second kappa shape index (κ2) is 8.04. The van der Waals surface area contributed by atoms with Crippen LogP contribution >= 0.6 is 0 Å². The fourth-order valence-electron chi connectivity index (χ4n) is 3.79. The Kier molecular flexibility index (Phi) is 5.77. The highest BCUT2D eigenvalue weighted by Crippen LogP contribution is 2.26. The van der Waals surface area contributed by atoms with Gasteiger partial charge in [-0.1, -0.05) is 6.92 Å². The zero-order valence-corrected chi connectivity index (χ0v) is 15.9. The van der Waals surface area contributed by atoms with Gasteiger partial charge in [-0.25, -0.2) is 4.79 Å². The third-order valence-corrected chi connectivity index (χ3v) is 5.29. The third kappa shape index (κ3) is 4.33. The molecule has 0 radical (unpaired) electrons. The fourth-order valence-corrected chi connectivity index (χ4v) is 3.79. The van der Waals surface area contributed by atoms with E-state index in [0.29, 0.717) is 17.9 Å². The summed E-state index contributed by atoms with van der Waals surface area (Å²) >= 11 is 0. The predicted molar refractivity (Wildman–Crippen MR) is 105 cm³/mol. The lowest BCUT2D eigenvalue weighted by molar-refractivity contribution is -0.117. The van der Waals surface area contributed by atoms with Crippen LogP contribution in [0.2, 0.25) is 0 Å². The van der Waals surface area contributed by atoms with Gasteiger partial charge in [0.2, 0.25) is 5.91 Å². The van der Waals surface area contributed by atoms with Crippen LogP contribution < -0.4 is 10.9 Å². The summed E-state index contributed by atoms with van der Waals surface area (Å²) in [7, 11) is 0. The smallest absolute Gasteiger partial charge is 0.336 e. The molecule has 1 N–H and O–H groups in total. The minimum Gasteiger partial charge on any atom is -0.423 e. The van der Waals surface area contributed by atoms with Gasteiger partial charge in [0, 0.05) is 23.6 Å². The number of piperidine rings is 1. The van der Waals surface area contributed by atoms with Crippen LogP contribution in [0.3, 0.4) is 0 Å². The molecule has 2 heterocycles. The molecule has 0 spiro atoms. The number of carbonyl (C=O) groups is 1. The van der Waals surface area contributed by atoms with Gasteiger partial charge < -0.3 is 14.6 Å². The van der Waals surface area contributed by atoms with Gasteiger partial charge >= 0.3 is 5.63 Å². The van der Waals surface area contributed by atoms with E-state index in [4.69, 9.17) is 4.42 Å². The van der Waals surface area contributed by atoms with Crippen molar-refractivity contribution in [1.29, 1.82) is 0 Å². The van der Waals surface area contributed by atoms with Crippen LogP contribution in [0.25, 0.3) is 11.0 Å².